The second kappa shape index (κ2) is 7.75. The van der Waals surface area contributed by atoms with Crippen LogP contribution in [-0.2, 0) is 9.59 Å². The van der Waals surface area contributed by atoms with Gasteiger partial charge >= 0.3 is 0 Å². The SMILES string of the molecule is Cc1ccc(NC(=O)[C@@H]2CCC(=O)N2c2ccccn2)cc1-c1ncc(F)cn1. The van der Waals surface area contributed by atoms with E-state index in [2.05, 4.69) is 20.3 Å². The number of nitrogens with one attached hydrogen (secondary N) is 1. The molecule has 2 aromatic heterocycles. The summed E-state index contributed by atoms with van der Waals surface area (Å²) in [6.45, 7) is 1.88. The van der Waals surface area contributed by atoms with Gasteiger partial charge in [0.05, 0.1) is 12.4 Å². The van der Waals surface area contributed by atoms with Gasteiger partial charge in [-0.25, -0.2) is 19.3 Å². The molecule has 3 heterocycles. The Labute approximate surface area is 166 Å². The van der Waals surface area contributed by atoms with Crippen molar-refractivity contribution in [3.05, 3.63) is 66.4 Å². The molecule has 1 aliphatic heterocycles. The van der Waals surface area contributed by atoms with Crippen molar-refractivity contribution in [2.45, 2.75) is 25.8 Å². The molecular weight excluding hydrogens is 373 g/mol. The highest BCUT2D eigenvalue weighted by molar-refractivity contribution is 6.07. The van der Waals surface area contributed by atoms with Crippen LogP contribution in [0.5, 0.6) is 0 Å². The van der Waals surface area contributed by atoms with Crippen molar-refractivity contribution in [3.63, 3.8) is 0 Å². The Hall–Kier alpha value is -3.68. The second-order valence-corrected chi connectivity index (χ2v) is 6.75. The fourth-order valence-corrected chi connectivity index (χ4v) is 3.33. The summed E-state index contributed by atoms with van der Waals surface area (Å²) in [5, 5.41) is 2.86. The Kier molecular flexibility index (Phi) is 4.99. The average molecular weight is 391 g/mol. The second-order valence-electron chi connectivity index (χ2n) is 6.75. The molecule has 7 nitrogen and oxygen atoms in total. The van der Waals surface area contributed by atoms with E-state index in [-0.39, 0.29) is 18.2 Å². The van der Waals surface area contributed by atoms with Crippen molar-refractivity contribution in [2.75, 3.05) is 10.2 Å². The van der Waals surface area contributed by atoms with E-state index in [9.17, 15) is 14.0 Å². The van der Waals surface area contributed by atoms with Gasteiger partial charge in [-0.1, -0.05) is 12.1 Å². The van der Waals surface area contributed by atoms with Gasteiger partial charge in [0.1, 0.15) is 11.9 Å². The van der Waals surface area contributed by atoms with Crippen molar-refractivity contribution in [2.24, 2.45) is 0 Å². The molecule has 4 rings (SSSR count). The Balaban J connectivity index is 1.57. The Morgan fingerprint density at radius 1 is 1.17 bits per heavy atom. The van der Waals surface area contributed by atoms with Crippen LogP contribution in [0.15, 0.2) is 55.0 Å². The first-order chi connectivity index (χ1) is 14.0. The third-order valence-electron chi connectivity index (χ3n) is 4.78. The van der Waals surface area contributed by atoms with Crippen LogP contribution >= 0.6 is 0 Å². The zero-order valence-corrected chi connectivity index (χ0v) is 15.7. The molecule has 1 aliphatic rings. The molecule has 1 saturated heterocycles. The molecule has 2 amide bonds. The number of halogens is 1. The van der Waals surface area contributed by atoms with E-state index in [0.29, 0.717) is 29.3 Å². The van der Waals surface area contributed by atoms with E-state index in [0.717, 1.165) is 18.0 Å². The molecule has 0 radical (unpaired) electrons. The van der Waals surface area contributed by atoms with Crippen LogP contribution < -0.4 is 10.2 Å². The molecule has 8 heteroatoms. The number of hydrogen-bond donors (Lipinski definition) is 1. The number of pyridine rings is 1. The molecule has 146 valence electrons. The summed E-state index contributed by atoms with van der Waals surface area (Å²) in [6, 6.07) is 9.93. The topological polar surface area (TPSA) is 88.1 Å². The minimum atomic E-state index is -0.635. The molecule has 1 atom stereocenters. The summed E-state index contributed by atoms with van der Waals surface area (Å²) >= 11 is 0. The number of carbonyl (C=O) groups is 2. The van der Waals surface area contributed by atoms with E-state index in [1.165, 1.54) is 4.90 Å². The number of anilines is 2. The number of benzene rings is 1. The van der Waals surface area contributed by atoms with Crippen LogP contribution in [0.2, 0.25) is 0 Å². The van der Waals surface area contributed by atoms with Gasteiger partial charge in [0.2, 0.25) is 11.8 Å². The average Bonchev–Trinajstić information content (AvgIpc) is 3.12. The lowest BCUT2D eigenvalue weighted by Gasteiger charge is -2.23. The summed E-state index contributed by atoms with van der Waals surface area (Å²) in [7, 11) is 0. The molecule has 1 N–H and O–H groups in total. The molecule has 0 saturated carbocycles. The number of carbonyl (C=O) groups excluding carboxylic acids is 2. The summed E-state index contributed by atoms with van der Waals surface area (Å²) in [5.74, 6) is -0.119. The molecule has 1 aromatic carbocycles. The fraction of sp³-hybridized carbons (Fsp3) is 0.190. The van der Waals surface area contributed by atoms with Crippen molar-refractivity contribution < 1.29 is 14.0 Å². The summed E-state index contributed by atoms with van der Waals surface area (Å²) < 4.78 is 13.1. The van der Waals surface area contributed by atoms with Gasteiger partial charge in [0.15, 0.2) is 11.6 Å². The van der Waals surface area contributed by atoms with Crippen LogP contribution in [0, 0.1) is 12.7 Å². The molecule has 0 unspecified atom stereocenters. The Bertz CT molecular complexity index is 1060. The lowest BCUT2D eigenvalue weighted by molar-refractivity contribution is -0.120. The number of rotatable bonds is 4. The van der Waals surface area contributed by atoms with Crippen LogP contribution in [0.1, 0.15) is 18.4 Å². The van der Waals surface area contributed by atoms with Gasteiger partial charge in [-0.15, -0.1) is 0 Å². The van der Waals surface area contributed by atoms with E-state index in [1.54, 1.807) is 36.5 Å². The summed E-state index contributed by atoms with van der Waals surface area (Å²) in [5.41, 5.74) is 2.12. The van der Waals surface area contributed by atoms with Gasteiger partial charge in [-0.2, -0.15) is 0 Å². The fourth-order valence-electron chi connectivity index (χ4n) is 3.33. The van der Waals surface area contributed by atoms with Gasteiger partial charge in [-0.05, 0) is 43.2 Å². The van der Waals surface area contributed by atoms with E-state index in [4.69, 9.17) is 0 Å². The normalized spacial score (nSPS) is 16.1. The zero-order valence-electron chi connectivity index (χ0n) is 15.7. The first kappa shape index (κ1) is 18.7. The van der Waals surface area contributed by atoms with Gasteiger partial charge in [0.25, 0.3) is 0 Å². The third-order valence-corrected chi connectivity index (χ3v) is 4.78. The van der Waals surface area contributed by atoms with Crippen LogP contribution in [0.4, 0.5) is 15.9 Å². The molecular formula is C21H18FN5O2. The minimum absolute atomic E-state index is 0.131. The lowest BCUT2D eigenvalue weighted by atomic mass is 10.1. The quantitative estimate of drug-likeness (QED) is 0.738. The van der Waals surface area contributed by atoms with Gasteiger partial charge < -0.3 is 5.32 Å². The predicted octanol–water partition coefficient (Wildman–Crippen LogP) is 3.12. The predicted molar refractivity (Wildman–Crippen MR) is 106 cm³/mol. The van der Waals surface area contributed by atoms with Crippen LogP contribution in [0.3, 0.4) is 0 Å². The maximum absolute atomic E-state index is 13.1. The van der Waals surface area contributed by atoms with Crippen LogP contribution in [0.25, 0.3) is 11.4 Å². The third kappa shape index (κ3) is 3.82. The van der Waals surface area contributed by atoms with Crippen molar-refractivity contribution >= 4 is 23.3 Å². The first-order valence-corrected chi connectivity index (χ1v) is 9.15. The van der Waals surface area contributed by atoms with E-state index in [1.807, 2.05) is 13.0 Å². The Morgan fingerprint density at radius 3 is 2.69 bits per heavy atom. The summed E-state index contributed by atoms with van der Waals surface area (Å²) in [6.07, 6.45) is 4.49. The Morgan fingerprint density at radius 2 is 1.97 bits per heavy atom. The number of aryl methyl sites for hydroxylation is 1. The van der Waals surface area contributed by atoms with Crippen molar-refractivity contribution in [1.29, 1.82) is 0 Å². The van der Waals surface area contributed by atoms with Gasteiger partial charge in [0, 0.05) is 23.9 Å². The lowest BCUT2D eigenvalue weighted by Crippen LogP contribution is -2.42. The largest absolute Gasteiger partial charge is 0.324 e. The van der Waals surface area contributed by atoms with Gasteiger partial charge in [-0.3, -0.25) is 14.5 Å². The molecule has 0 bridgehead atoms. The zero-order chi connectivity index (χ0) is 20.4. The number of amides is 2. The van der Waals surface area contributed by atoms with E-state index < -0.39 is 11.9 Å². The number of nitrogens with zero attached hydrogens (tertiary/aromatic N) is 4. The highest BCUT2D eigenvalue weighted by atomic mass is 19.1. The van der Waals surface area contributed by atoms with Crippen molar-refractivity contribution in [1.82, 2.24) is 15.0 Å². The molecule has 1 fully saturated rings. The highest BCUT2D eigenvalue weighted by Crippen LogP contribution is 2.27. The molecule has 3 aromatic rings. The minimum Gasteiger partial charge on any atom is -0.324 e. The molecule has 0 spiro atoms. The monoisotopic (exact) mass is 391 g/mol. The number of aromatic nitrogens is 3. The number of hydrogen-bond acceptors (Lipinski definition) is 5. The van der Waals surface area contributed by atoms with Crippen molar-refractivity contribution in [3.8, 4) is 11.4 Å². The maximum Gasteiger partial charge on any atom is 0.247 e. The summed E-state index contributed by atoms with van der Waals surface area (Å²) in [4.78, 5) is 38.9. The smallest absolute Gasteiger partial charge is 0.247 e. The maximum atomic E-state index is 13.1. The highest BCUT2D eigenvalue weighted by Gasteiger charge is 2.37. The molecule has 0 aliphatic carbocycles. The standard InChI is InChI=1S/C21H18FN5O2/c1-13-5-6-15(10-16(13)20-24-11-14(22)12-25-20)26-21(29)17-7-8-19(28)27(17)18-4-2-3-9-23-18/h2-6,9-12,17H,7-8H2,1H3,(H,26,29)/t17-/m0/s1. The molecule has 29 heavy (non-hydrogen) atoms. The first-order valence-electron chi connectivity index (χ1n) is 9.15. The van der Waals surface area contributed by atoms with Crippen LogP contribution in [-0.4, -0.2) is 32.8 Å². The van der Waals surface area contributed by atoms with E-state index >= 15 is 0 Å².